The van der Waals surface area contributed by atoms with Gasteiger partial charge in [0.15, 0.2) is 6.10 Å². The smallest absolute Gasteiger partial charge is 0.265 e. The van der Waals surface area contributed by atoms with Crippen molar-refractivity contribution in [2.24, 2.45) is 0 Å². The molecular formula is C23H24N4O3. The van der Waals surface area contributed by atoms with Crippen LogP contribution in [-0.2, 0) is 4.79 Å². The number of amides is 2. The zero-order valence-corrected chi connectivity index (χ0v) is 16.8. The van der Waals surface area contributed by atoms with E-state index >= 15 is 0 Å². The van der Waals surface area contributed by atoms with Gasteiger partial charge in [0.2, 0.25) is 5.88 Å². The van der Waals surface area contributed by atoms with Crippen molar-refractivity contribution in [3.8, 4) is 11.6 Å². The molecule has 7 nitrogen and oxygen atoms in total. The normalized spacial score (nSPS) is 14.4. The number of benzene rings is 2. The maximum Gasteiger partial charge on any atom is 0.265 e. The number of nitrogens with zero attached hydrogens (tertiary/aromatic N) is 3. The molecule has 4 rings (SSSR count). The first-order chi connectivity index (χ1) is 14.6. The van der Waals surface area contributed by atoms with E-state index in [-0.39, 0.29) is 11.8 Å². The summed E-state index contributed by atoms with van der Waals surface area (Å²) in [5.41, 5.74) is 2.15. The molecule has 2 heterocycles. The average molecular weight is 404 g/mol. The van der Waals surface area contributed by atoms with E-state index in [9.17, 15) is 9.59 Å². The molecule has 30 heavy (non-hydrogen) atoms. The molecule has 1 fully saturated rings. The second kappa shape index (κ2) is 8.82. The highest BCUT2D eigenvalue weighted by atomic mass is 16.5. The van der Waals surface area contributed by atoms with Crippen LogP contribution in [0.1, 0.15) is 30.1 Å². The van der Waals surface area contributed by atoms with E-state index in [0.29, 0.717) is 17.1 Å². The summed E-state index contributed by atoms with van der Waals surface area (Å²) in [5.74, 6) is 0.118. The van der Waals surface area contributed by atoms with Crippen LogP contribution >= 0.6 is 0 Å². The SMILES string of the molecule is CC(Oc1ccn(-c2ccccc2)n1)C(=O)Nc1ccc(C(=O)N2CCCC2)cc1. The predicted molar refractivity (Wildman–Crippen MR) is 114 cm³/mol. The van der Waals surface area contributed by atoms with E-state index in [4.69, 9.17) is 4.74 Å². The summed E-state index contributed by atoms with van der Waals surface area (Å²) in [7, 11) is 0. The first-order valence-electron chi connectivity index (χ1n) is 10.1. The largest absolute Gasteiger partial charge is 0.463 e. The maximum atomic E-state index is 12.5. The van der Waals surface area contributed by atoms with Crippen molar-refractivity contribution in [1.82, 2.24) is 14.7 Å². The molecule has 1 aliphatic rings. The van der Waals surface area contributed by atoms with Crippen LogP contribution in [0, 0.1) is 0 Å². The molecule has 1 unspecified atom stereocenters. The van der Waals surface area contributed by atoms with E-state index in [2.05, 4.69) is 10.4 Å². The van der Waals surface area contributed by atoms with Crippen LogP contribution in [0.5, 0.6) is 5.88 Å². The third-order valence-electron chi connectivity index (χ3n) is 5.04. The van der Waals surface area contributed by atoms with Gasteiger partial charge in [-0.15, -0.1) is 5.10 Å². The van der Waals surface area contributed by atoms with E-state index in [0.717, 1.165) is 31.6 Å². The Hall–Kier alpha value is -3.61. The number of carbonyl (C=O) groups excluding carboxylic acids is 2. The summed E-state index contributed by atoms with van der Waals surface area (Å²) in [4.78, 5) is 26.7. The summed E-state index contributed by atoms with van der Waals surface area (Å²) in [6.07, 6.45) is 3.17. The quantitative estimate of drug-likeness (QED) is 0.682. The fourth-order valence-corrected chi connectivity index (χ4v) is 3.37. The zero-order valence-electron chi connectivity index (χ0n) is 16.8. The summed E-state index contributed by atoms with van der Waals surface area (Å²) >= 11 is 0. The average Bonchev–Trinajstić information content (AvgIpc) is 3.47. The van der Waals surface area contributed by atoms with Crippen LogP contribution in [0.2, 0.25) is 0 Å². The van der Waals surface area contributed by atoms with Gasteiger partial charge >= 0.3 is 0 Å². The van der Waals surface area contributed by atoms with E-state index in [1.165, 1.54) is 0 Å². The first-order valence-corrected chi connectivity index (χ1v) is 10.1. The topological polar surface area (TPSA) is 76.5 Å². The van der Waals surface area contributed by atoms with Gasteiger partial charge in [-0.25, -0.2) is 4.68 Å². The molecule has 154 valence electrons. The van der Waals surface area contributed by atoms with E-state index < -0.39 is 6.10 Å². The number of anilines is 1. The maximum absolute atomic E-state index is 12.5. The molecule has 1 atom stereocenters. The Morgan fingerprint density at radius 3 is 2.40 bits per heavy atom. The number of rotatable bonds is 6. The lowest BCUT2D eigenvalue weighted by Crippen LogP contribution is -2.30. The molecule has 2 aromatic carbocycles. The molecule has 1 aromatic heterocycles. The van der Waals surface area contributed by atoms with Gasteiger partial charge in [0, 0.05) is 36.6 Å². The second-order valence-electron chi connectivity index (χ2n) is 7.26. The molecule has 1 N–H and O–H groups in total. The van der Waals surface area contributed by atoms with Crippen molar-refractivity contribution in [2.45, 2.75) is 25.9 Å². The number of nitrogens with one attached hydrogen (secondary N) is 1. The lowest BCUT2D eigenvalue weighted by atomic mass is 10.2. The number of hydrogen-bond donors (Lipinski definition) is 1. The predicted octanol–water partition coefficient (Wildman–Crippen LogP) is 3.51. The van der Waals surface area contributed by atoms with Gasteiger partial charge in [0.1, 0.15) is 0 Å². The fraction of sp³-hybridized carbons (Fsp3) is 0.261. The number of hydrogen-bond acceptors (Lipinski definition) is 4. The van der Waals surface area contributed by atoms with Crippen LogP contribution < -0.4 is 10.1 Å². The van der Waals surface area contributed by atoms with Gasteiger partial charge in [-0.3, -0.25) is 9.59 Å². The van der Waals surface area contributed by atoms with Crippen molar-refractivity contribution in [3.05, 3.63) is 72.4 Å². The van der Waals surface area contributed by atoms with Crippen molar-refractivity contribution in [3.63, 3.8) is 0 Å². The highest BCUT2D eigenvalue weighted by molar-refractivity contribution is 5.97. The number of likely N-dealkylation sites (tertiary alicyclic amines) is 1. The molecule has 0 saturated carbocycles. The number of carbonyl (C=O) groups is 2. The third-order valence-corrected chi connectivity index (χ3v) is 5.04. The minimum Gasteiger partial charge on any atom is -0.463 e. The number of aromatic nitrogens is 2. The lowest BCUT2D eigenvalue weighted by Gasteiger charge is -2.16. The monoisotopic (exact) mass is 404 g/mol. The summed E-state index contributed by atoms with van der Waals surface area (Å²) in [5, 5.41) is 7.16. The Bertz CT molecular complexity index is 1010. The molecule has 1 aliphatic heterocycles. The molecular weight excluding hydrogens is 380 g/mol. The van der Waals surface area contributed by atoms with Crippen LogP contribution in [0.3, 0.4) is 0 Å². The molecule has 0 aliphatic carbocycles. The Morgan fingerprint density at radius 2 is 1.70 bits per heavy atom. The minimum absolute atomic E-state index is 0.0380. The Balaban J connectivity index is 1.33. The highest BCUT2D eigenvalue weighted by Gasteiger charge is 2.20. The number of para-hydroxylation sites is 1. The van der Waals surface area contributed by atoms with Gasteiger partial charge in [-0.1, -0.05) is 18.2 Å². The zero-order chi connectivity index (χ0) is 20.9. The van der Waals surface area contributed by atoms with Gasteiger partial charge in [0.05, 0.1) is 5.69 Å². The molecule has 0 bridgehead atoms. The summed E-state index contributed by atoms with van der Waals surface area (Å²) in [6.45, 7) is 3.29. The first kappa shape index (κ1) is 19.7. The number of ether oxygens (including phenoxy) is 1. The summed E-state index contributed by atoms with van der Waals surface area (Å²) < 4.78 is 7.37. The molecule has 1 saturated heterocycles. The Kier molecular flexibility index (Phi) is 5.79. The van der Waals surface area contributed by atoms with Crippen molar-refractivity contribution >= 4 is 17.5 Å². The van der Waals surface area contributed by atoms with Gasteiger partial charge in [-0.05, 0) is 56.2 Å². The van der Waals surface area contributed by atoms with Gasteiger partial charge in [0.25, 0.3) is 11.8 Å². The lowest BCUT2D eigenvalue weighted by molar-refractivity contribution is -0.122. The van der Waals surface area contributed by atoms with Gasteiger partial charge in [-0.2, -0.15) is 0 Å². The highest BCUT2D eigenvalue weighted by Crippen LogP contribution is 2.17. The standard InChI is InChI=1S/C23H24N4O3/c1-17(30-21-13-16-27(25-21)20-7-3-2-4-8-20)22(28)24-19-11-9-18(10-12-19)23(29)26-14-5-6-15-26/h2-4,7-13,16-17H,5-6,14-15H2,1H3,(H,24,28). The van der Waals surface area contributed by atoms with Crippen molar-refractivity contribution in [1.29, 1.82) is 0 Å². The Morgan fingerprint density at radius 1 is 1.00 bits per heavy atom. The van der Waals surface area contributed by atoms with Crippen molar-refractivity contribution in [2.75, 3.05) is 18.4 Å². The van der Waals surface area contributed by atoms with Crippen LogP contribution in [0.4, 0.5) is 5.69 Å². The molecule has 2 amide bonds. The van der Waals surface area contributed by atoms with Crippen molar-refractivity contribution < 1.29 is 14.3 Å². The third kappa shape index (κ3) is 4.51. The van der Waals surface area contributed by atoms with Crippen LogP contribution in [-0.4, -0.2) is 45.7 Å². The fourth-order valence-electron chi connectivity index (χ4n) is 3.37. The van der Waals surface area contributed by atoms with E-state index in [1.54, 1.807) is 48.1 Å². The molecule has 0 radical (unpaired) electrons. The second-order valence-corrected chi connectivity index (χ2v) is 7.26. The summed E-state index contributed by atoms with van der Waals surface area (Å²) in [6, 6.07) is 18.3. The van der Waals surface area contributed by atoms with Crippen LogP contribution in [0.15, 0.2) is 66.9 Å². The van der Waals surface area contributed by atoms with E-state index in [1.807, 2.05) is 35.2 Å². The molecule has 7 heteroatoms. The molecule has 0 spiro atoms. The van der Waals surface area contributed by atoms with Gasteiger partial charge < -0.3 is 15.0 Å². The minimum atomic E-state index is -0.727. The van der Waals surface area contributed by atoms with Crippen LogP contribution in [0.25, 0.3) is 5.69 Å². The molecule has 3 aromatic rings. The Labute approximate surface area is 175 Å².